The molecule has 3 nitrogen and oxygen atoms in total. The van der Waals surface area contributed by atoms with Gasteiger partial charge in [-0.25, -0.2) is 9.18 Å². The Bertz CT molecular complexity index is 393. The van der Waals surface area contributed by atoms with Crippen LogP contribution in [0.25, 0.3) is 0 Å². The van der Waals surface area contributed by atoms with Gasteiger partial charge in [-0.2, -0.15) is 0 Å². The molecule has 5 heteroatoms. The Balaban J connectivity index is 2.72. The molecule has 1 N–H and O–H groups in total. The Morgan fingerprint density at radius 1 is 1.53 bits per heavy atom. The first-order chi connectivity index (χ1) is 7.15. The number of carbonyl (C=O) groups is 1. The summed E-state index contributed by atoms with van der Waals surface area (Å²) < 4.78 is 17.7. The van der Waals surface area contributed by atoms with Gasteiger partial charge < -0.3 is 10.1 Å². The van der Waals surface area contributed by atoms with Crippen LogP contribution in [0.4, 0.5) is 10.1 Å². The minimum Gasteiger partial charge on any atom is -0.465 e. The molecule has 0 amide bonds. The first-order valence-corrected chi connectivity index (χ1v) is 4.89. The highest BCUT2D eigenvalue weighted by Gasteiger charge is 2.05. The third kappa shape index (κ3) is 3.36. The van der Waals surface area contributed by atoms with Crippen LogP contribution in [0.15, 0.2) is 34.9 Å². The van der Waals surface area contributed by atoms with Crippen molar-refractivity contribution >= 4 is 27.6 Å². The van der Waals surface area contributed by atoms with Crippen LogP contribution >= 0.6 is 15.9 Å². The fraction of sp³-hybridized carbons (Fsp3) is 0.100. The van der Waals surface area contributed by atoms with Crippen molar-refractivity contribution in [3.63, 3.8) is 0 Å². The zero-order valence-corrected chi connectivity index (χ0v) is 9.55. The second-order valence-corrected chi connectivity index (χ2v) is 3.46. The maximum atomic E-state index is 13.1. The fourth-order valence-corrected chi connectivity index (χ4v) is 1.15. The maximum Gasteiger partial charge on any atom is 0.346 e. The second kappa shape index (κ2) is 5.50. The summed E-state index contributed by atoms with van der Waals surface area (Å²) in [7, 11) is 1.26. The molecular weight excluding hydrogens is 265 g/mol. The van der Waals surface area contributed by atoms with Crippen molar-refractivity contribution in [3.05, 3.63) is 40.8 Å². The van der Waals surface area contributed by atoms with Crippen LogP contribution < -0.4 is 5.32 Å². The average Bonchev–Trinajstić information content (AvgIpc) is 2.26. The Kier molecular flexibility index (Phi) is 4.30. The predicted molar refractivity (Wildman–Crippen MR) is 59.0 cm³/mol. The summed E-state index contributed by atoms with van der Waals surface area (Å²) in [6.07, 6.45) is 1.32. The van der Waals surface area contributed by atoms with E-state index < -0.39 is 5.97 Å². The van der Waals surface area contributed by atoms with Gasteiger partial charge in [-0.05, 0) is 28.1 Å². The normalized spacial score (nSPS) is 11.0. The topological polar surface area (TPSA) is 38.3 Å². The number of nitrogens with one attached hydrogen (secondary N) is 1. The highest BCUT2D eigenvalue weighted by Crippen LogP contribution is 2.14. The molecule has 0 fully saturated rings. The molecule has 0 aliphatic carbocycles. The summed E-state index contributed by atoms with van der Waals surface area (Å²) >= 11 is 2.99. The van der Waals surface area contributed by atoms with Gasteiger partial charge in [0, 0.05) is 6.20 Å². The molecular formula is C10H9BrFNO2. The van der Waals surface area contributed by atoms with E-state index in [1.54, 1.807) is 18.2 Å². The van der Waals surface area contributed by atoms with E-state index in [0.29, 0.717) is 5.69 Å². The third-order valence-electron chi connectivity index (χ3n) is 1.61. The average molecular weight is 274 g/mol. The lowest BCUT2D eigenvalue weighted by Crippen LogP contribution is -2.02. The summed E-state index contributed by atoms with van der Waals surface area (Å²) in [5, 5.41) is 2.64. The van der Waals surface area contributed by atoms with Crippen molar-refractivity contribution in [1.29, 1.82) is 0 Å². The predicted octanol–water partition coefficient (Wildman–Crippen LogP) is 2.65. The van der Waals surface area contributed by atoms with E-state index in [0.717, 1.165) is 0 Å². The zero-order chi connectivity index (χ0) is 11.3. The van der Waals surface area contributed by atoms with Gasteiger partial charge in [0.15, 0.2) is 0 Å². The number of methoxy groups -OCH3 is 1. The van der Waals surface area contributed by atoms with Gasteiger partial charge >= 0.3 is 5.97 Å². The van der Waals surface area contributed by atoms with E-state index in [9.17, 15) is 9.18 Å². The monoisotopic (exact) mass is 273 g/mol. The van der Waals surface area contributed by atoms with Crippen molar-refractivity contribution in [3.8, 4) is 0 Å². The number of halogens is 2. The van der Waals surface area contributed by atoms with Gasteiger partial charge in [0.2, 0.25) is 0 Å². The van der Waals surface area contributed by atoms with Gasteiger partial charge in [-0.3, -0.25) is 0 Å². The highest BCUT2D eigenvalue weighted by molar-refractivity contribution is 9.12. The molecule has 0 spiro atoms. The van der Waals surface area contributed by atoms with E-state index in [1.807, 2.05) is 0 Å². The van der Waals surface area contributed by atoms with Crippen molar-refractivity contribution in [2.24, 2.45) is 0 Å². The molecule has 15 heavy (non-hydrogen) atoms. The van der Waals surface area contributed by atoms with Crippen molar-refractivity contribution in [1.82, 2.24) is 0 Å². The number of ether oxygens (including phenoxy) is 1. The molecule has 1 aromatic carbocycles. The minimum absolute atomic E-state index is 0.188. The largest absolute Gasteiger partial charge is 0.465 e. The van der Waals surface area contributed by atoms with Gasteiger partial charge in [-0.1, -0.05) is 12.1 Å². The van der Waals surface area contributed by atoms with E-state index in [-0.39, 0.29) is 10.3 Å². The quantitative estimate of drug-likeness (QED) is 0.680. The number of benzene rings is 1. The van der Waals surface area contributed by atoms with Gasteiger partial charge in [0.1, 0.15) is 10.3 Å². The second-order valence-electron chi connectivity index (χ2n) is 2.61. The van der Waals surface area contributed by atoms with Crippen molar-refractivity contribution in [2.75, 3.05) is 12.4 Å². The Hall–Kier alpha value is -1.36. The first-order valence-electron chi connectivity index (χ1n) is 4.10. The van der Waals surface area contributed by atoms with E-state index >= 15 is 0 Å². The number of rotatable bonds is 3. The SMILES string of the molecule is COC(=O)/C(Br)=C/Nc1ccccc1F. The molecule has 0 aliphatic heterocycles. The first kappa shape index (κ1) is 11.7. The van der Waals surface area contributed by atoms with Crippen LogP contribution in [0.3, 0.4) is 0 Å². The number of anilines is 1. The van der Waals surface area contributed by atoms with Crippen LogP contribution in [0.2, 0.25) is 0 Å². The number of hydrogen-bond donors (Lipinski definition) is 1. The lowest BCUT2D eigenvalue weighted by atomic mass is 10.3. The van der Waals surface area contributed by atoms with Crippen LogP contribution in [-0.2, 0) is 9.53 Å². The number of hydrogen-bond acceptors (Lipinski definition) is 3. The Morgan fingerprint density at radius 3 is 2.80 bits per heavy atom. The summed E-state index contributed by atoms with van der Waals surface area (Å²) in [6.45, 7) is 0. The van der Waals surface area contributed by atoms with Gasteiger partial charge in [0.05, 0.1) is 12.8 Å². The van der Waals surface area contributed by atoms with Crippen LogP contribution in [0.1, 0.15) is 0 Å². The van der Waals surface area contributed by atoms with Crippen LogP contribution in [0, 0.1) is 5.82 Å². The summed E-state index contributed by atoms with van der Waals surface area (Å²) in [5.74, 6) is -0.919. The molecule has 0 saturated carbocycles. The van der Waals surface area contributed by atoms with Gasteiger partial charge in [0.25, 0.3) is 0 Å². The van der Waals surface area contributed by atoms with Crippen LogP contribution in [-0.4, -0.2) is 13.1 Å². The van der Waals surface area contributed by atoms with E-state index in [1.165, 1.54) is 19.4 Å². The van der Waals surface area contributed by atoms with E-state index in [2.05, 4.69) is 26.0 Å². The third-order valence-corrected chi connectivity index (χ3v) is 2.16. The summed E-state index contributed by atoms with van der Waals surface area (Å²) in [6, 6.07) is 6.15. The Labute approximate surface area is 95.1 Å². The molecule has 0 unspecified atom stereocenters. The number of para-hydroxylation sites is 1. The molecule has 0 aromatic heterocycles. The maximum absolute atomic E-state index is 13.1. The zero-order valence-electron chi connectivity index (χ0n) is 7.96. The van der Waals surface area contributed by atoms with Gasteiger partial charge in [-0.15, -0.1) is 0 Å². The molecule has 80 valence electrons. The lowest BCUT2D eigenvalue weighted by molar-refractivity contribution is -0.135. The van der Waals surface area contributed by atoms with Crippen LogP contribution in [0.5, 0.6) is 0 Å². The van der Waals surface area contributed by atoms with E-state index in [4.69, 9.17) is 0 Å². The highest BCUT2D eigenvalue weighted by atomic mass is 79.9. The molecule has 0 radical (unpaired) electrons. The summed E-state index contributed by atoms with van der Waals surface area (Å²) in [4.78, 5) is 10.9. The molecule has 1 rings (SSSR count). The molecule has 0 heterocycles. The minimum atomic E-state index is -0.529. The van der Waals surface area contributed by atoms with Crippen molar-refractivity contribution < 1.29 is 13.9 Å². The lowest BCUT2D eigenvalue weighted by Gasteiger charge is -2.02. The fourth-order valence-electron chi connectivity index (χ4n) is 0.876. The molecule has 0 bridgehead atoms. The molecule has 1 aromatic rings. The summed E-state index contributed by atoms with van der Waals surface area (Å²) in [5.41, 5.74) is 0.290. The Morgan fingerprint density at radius 2 is 2.20 bits per heavy atom. The molecule has 0 aliphatic rings. The smallest absolute Gasteiger partial charge is 0.346 e. The van der Waals surface area contributed by atoms with Crippen molar-refractivity contribution in [2.45, 2.75) is 0 Å². The molecule has 0 atom stereocenters. The number of esters is 1. The molecule has 0 saturated heterocycles. The number of carbonyl (C=O) groups excluding carboxylic acids is 1. The standard InChI is InChI=1S/C10H9BrFNO2/c1-15-10(14)7(11)6-13-9-5-3-2-4-8(9)12/h2-6,13H,1H3/b7-6-.